The van der Waals surface area contributed by atoms with Gasteiger partial charge in [-0.25, -0.2) is 5.57 Å². The molecule has 1 unspecified atom stereocenters. The number of nitrogens with zero attached hydrogens (tertiary/aromatic N) is 1. The zero-order valence-corrected chi connectivity index (χ0v) is 17.5. The smallest absolute Gasteiger partial charge is 0.0105 e. The van der Waals surface area contributed by atoms with Crippen LogP contribution in [0.3, 0.4) is 0 Å². The van der Waals surface area contributed by atoms with Gasteiger partial charge in [0, 0.05) is 27.8 Å². The largest absolute Gasteiger partial charge is 0.305 e. The maximum atomic E-state index is 3.65. The van der Waals surface area contributed by atoms with E-state index in [1.54, 1.807) is 11.1 Å². The van der Waals surface area contributed by atoms with Gasteiger partial charge in [0.05, 0.1) is 0 Å². The van der Waals surface area contributed by atoms with Crippen molar-refractivity contribution in [1.29, 1.82) is 0 Å². The Hall–Kier alpha value is 0.734. The summed E-state index contributed by atoms with van der Waals surface area (Å²) in [5.74, 6) is 0. The second-order valence-corrected chi connectivity index (χ2v) is 5.68. The van der Waals surface area contributed by atoms with E-state index in [-0.39, 0.29) is 46.5 Å². The molecule has 0 aromatic carbocycles. The predicted octanol–water partition coefficient (Wildman–Crippen LogP) is 5.59. The van der Waals surface area contributed by atoms with Crippen molar-refractivity contribution in [2.45, 2.75) is 71.8 Å². The number of halogens is 2. The van der Waals surface area contributed by atoms with Gasteiger partial charge in [-0.1, -0.05) is 52.4 Å². The summed E-state index contributed by atoms with van der Waals surface area (Å²) < 4.78 is 0. The molecule has 21 heavy (non-hydrogen) atoms. The molecular weight excluding hydrogens is 337 g/mol. The van der Waals surface area contributed by atoms with Gasteiger partial charge in [-0.2, -0.15) is 5.57 Å². The van der Waals surface area contributed by atoms with Crippen molar-refractivity contribution in [2.75, 3.05) is 14.1 Å². The number of hydrogen-bond acceptors (Lipinski definition) is 1. The number of hydrogen-bond donors (Lipinski definition) is 0. The average molecular weight is 369 g/mol. The summed E-state index contributed by atoms with van der Waals surface area (Å²) in [5, 5.41) is 0. The Morgan fingerprint density at radius 3 is 2.05 bits per heavy atom. The van der Waals surface area contributed by atoms with Gasteiger partial charge in [0.25, 0.3) is 0 Å². The summed E-state index contributed by atoms with van der Waals surface area (Å²) >= 11 is 0. The predicted molar refractivity (Wildman–Crippen MR) is 95.1 cm³/mol. The van der Waals surface area contributed by atoms with Crippen LogP contribution in [0.2, 0.25) is 0 Å². The van der Waals surface area contributed by atoms with E-state index >= 15 is 0 Å². The molecule has 1 nitrogen and oxygen atoms in total. The fourth-order valence-corrected chi connectivity index (χ4v) is 2.58. The Bertz CT molecular complexity index is 325. The first kappa shape index (κ1) is 26.6. The molecule has 0 saturated heterocycles. The third-order valence-electron chi connectivity index (χ3n) is 4.08. The first-order chi connectivity index (χ1) is 8.61. The Labute approximate surface area is 159 Å². The summed E-state index contributed by atoms with van der Waals surface area (Å²) in [6.07, 6.45) is 12.4. The van der Waals surface area contributed by atoms with Crippen molar-refractivity contribution in [1.82, 2.24) is 4.90 Å². The molecule has 0 aliphatic heterocycles. The van der Waals surface area contributed by atoms with Crippen molar-refractivity contribution in [3.63, 3.8) is 0 Å². The standard InChI is InChI=1S/C17H30N.2ClH.Ti/c1-6-8-10-15-12-13-16(14(3)18(4)5)17(15)11-9-7-2;;;/h14H,6-11,13H2,1-5H3;2*1H;/q-1;;;. The summed E-state index contributed by atoms with van der Waals surface area (Å²) in [7, 11) is 4.36. The molecule has 4 heteroatoms. The minimum Gasteiger partial charge on any atom is -0.305 e. The van der Waals surface area contributed by atoms with Gasteiger partial charge in [-0.3, -0.25) is 6.08 Å². The molecule has 0 amide bonds. The van der Waals surface area contributed by atoms with Crippen molar-refractivity contribution in [3.05, 3.63) is 22.8 Å². The molecule has 1 aliphatic rings. The molecule has 1 atom stereocenters. The summed E-state index contributed by atoms with van der Waals surface area (Å²) in [6.45, 7) is 6.88. The molecule has 0 saturated carbocycles. The topological polar surface area (TPSA) is 3.24 Å². The van der Waals surface area contributed by atoms with Gasteiger partial charge >= 0.3 is 0 Å². The van der Waals surface area contributed by atoms with E-state index < -0.39 is 0 Å². The Morgan fingerprint density at radius 1 is 1.05 bits per heavy atom. The SMILES string of the molecule is CCCCC1=[C-]CC(C(C)N(C)C)=C1CCCC.Cl.Cl.[Ti]. The van der Waals surface area contributed by atoms with Gasteiger partial charge in [-0.05, 0) is 21.0 Å². The zero-order chi connectivity index (χ0) is 13.5. The minimum absolute atomic E-state index is 0. The van der Waals surface area contributed by atoms with Gasteiger partial charge in [-0.15, -0.1) is 36.8 Å². The van der Waals surface area contributed by atoms with Crippen LogP contribution in [0.4, 0.5) is 0 Å². The van der Waals surface area contributed by atoms with Gasteiger partial charge < -0.3 is 4.90 Å². The van der Waals surface area contributed by atoms with Crippen molar-refractivity contribution in [2.24, 2.45) is 0 Å². The molecule has 0 fully saturated rings. The quantitative estimate of drug-likeness (QED) is 0.398. The molecule has 0 aromatic heterocycles. The Morgan fingerprint density at radius 2 is 1.57 bits per heavy atom. The summed E-state index contributed by atoms with van der Waals surface area (Å²) in [5.41, 5.74) is 4.81. The van der Waals surface area contributed by atoms with E-state index in [1.807, 2.05) is 0 Å². The zero-order valence-electron chi connectivity index (χ0n) is 14.3. The van der Waals surface area contributed by atoms with Crippen LogP contribution in [0.25, 0.3) is 0 Å². The average Bonchev–Trinajstić information content (AvgIpc) is 2.75. The number of allylic oxidation sites excluding steroid dienone is 3. The van der Waals surface area contributed by atoms with E-state index in [0.29, 0.717) is 6.04 Å². The minimum atomic E-state index is 0. The summed E-state index contributed by atoms with van der Waals surface area (Å²) in [6, 6.07) is 0.559. The van der Waals surface area contributed by atoms with E-state index in [2.05, 4.69) is 45.8 Å². The molecule has 0 spiro atoms. The van der Waals surface area contributed by atoms with Crippen LogP contribution in [0.5, 0.6) is 0 Å². The van der Waals surface area contributed by atoms with E-state index in [0.717, 1.165) is 6.42 Å². The van der Waals surface area contributed by atoms with Crippen LogP contribution in [-0.2, 0) is 21.7 Å². The Kier molecular flexibility index (Phi) is 18.2. The first-order valence-corrected chi connectivity index (χ1v) is 7.60. The van der Waals surface area contributed by atoms with Gasteiger partial charge in [0.2, 0.25) is 0 Å². The molecule has 124 valence electrons. The normalized spacial score (nSPS) is 15.0. The molecule has 0 N–H and O–H groups in total. The number of unbranched alkanes of at least 4 members (excludes halogenated alkanes) is 2. The van der Waals surface area contributed by atoms with E-state index in [1.165, 1.54) is 44.1 Å². The number of likely N-dealkylation sites (N-methyl/N-ethyl adjacent to an activating group) is 1. The van der Waals surface area contributed by atoms with Crippen LogP contribution < -0.4 is 0 Å². The molecule has 1 rings (SSSR count). The molecule has 0 bridgehead atoms. The van der Waals surface area contributed by atoms with Gasteiger partial charge in [0.1, 0.15) is 0 Å². The van der Waals surface area contributed by atoms with Crippen LogP contribution >= 0.6 is 24.8 Å². The number of rotatable bonds is 8. The molecule has 0 heterocycles. The second-order valence-electron chi connectivity index (χ2n) is 5.68. The monoisotopic (exact) mass is 368 g/mol. The van der Waals surface area contributed by atoms with E-state index in [4.69, 9.17) is 0 Å². The van der Waals surface area contributed by atoms with Crippen LogP contribution in [0.1, 0.15) is 65.7 Å². The van der Waals surface area contributed by atoms with Crippen molar-refractivity contribution in [3.8, 4) is 0 Å². The van der Waals surface area contributed by atoms with Crippen LogP contribution in [0.15, 0.2) is 16.7 Å². The van der Waals surface area contributed by atoms with Crippen molar-refractivity contribution < 1.29 is 21.7 Å². The second kappa shape index (κ2) is 14.3. The van der Waals surface area contributed by atoms with Crippen LogP contribution in [0, 0.1) is 6.08 Å². The van der Waals surface area contributed by atoms with Gasteiger partial charge in [0.15, 0.2) is 0 Å². The third kappa shape index (κ3) is 8.23. The Balaban J connectivity index is -0.00000108. The van der Waals surface area contributed by atoms with Crippen LogP contribution in [-0.4, -0.2) is 25.0 Å². The third-order valence-corrected chi connectivity index (χ3v) is 4.08. The molecular formula is C17H32Cl2NTi-. The maximum absolute atomic E-state index is 3.65. The maximum Gasteiger partial charge on any atom is 0.0105 e. The van der Waals surface area contributed by atoms with E-state index in [9.17, 15) is 0 Å². The molecule has 0 aromatic rings. The first-order valence-electron chi connectivity index (χ1n) is 7.60. The van der Waals surface area contributed by atoms with Crippen molar-refractivity contribution >= 4 is 24.8 Å². The summed E-state index contributed by atoms with van der Waals surface area (Å²) in [4.78, 5) is 2.33. The fourth-order valence-electron chi connectivity index (χ4n) is 2.58. The molecule has 0 radical (unpaired) electrons. The molecule has 1 aliphatic carbocycles. The fraction of sp³-hybridized carbons (Fsp3) is 0.765.